The van der Waals surface area contributed by atoms with E-state index >= 15 is 0 Å². The van der Waals surface area contributed by atoms with Crippen LogP contribution >= 0.6 is 0 Å². The maximum atomic E-state index is 14.8. The molecular formula is C61H75NO13. The zero-order valence-electron chi connectivity index (χ0n) is 45.1. The molecule has 0 spiro atoms. The van der Waals surface area contributed by atoms with E-state index < -0.39 is 83.8 Å². The van der Waals surface area contributed by atoms with Gasteiger partial charge in [-0.15, -0.1) is 0 Å². The number of amides is 1. The summed E-state index contributed by atoms with van der Waals surface area (Å²) in [6, 6.07) is 41.3. The van der Waals surface area contributed by atoms with Gasteiger partial charge in [0.1, 0.15) is 47.9 Å². The fourth-order valence-corrected chi connectivity index (χ4v) is 8.83. The van der Waals surface area contributed by atoms with Crippen molar-refractivity contribution >= 4 is 24.0 Å². The SMILES string of the molecule is Cc1cc(C)c(C(C)(C)CC(=O)O[C@@H]2[C@@H](OC(=O)CC[C@H](NC(=O)OC(C)(C)C)C(=O)OC(C)(C)C)O[C@H](COCc3ccccc3)[C@@H](OCc3ccccc3)[C@@H]2OCc2ccccc2)c(OCc2ccccc2)c1. The standard InChI is InChI=1S/C61H75NO13/c1-41-33-42(2)52(48(34-41)68-37-44-25-17-12-18-26-44)61(9,10)35-51(64)72-55-54(70-39-46-29-21-14-22-30-46)53(69-38-45-27-19-13-20-28-45)49(40-67-36-43-23-15-11-16-24-43)71-57(55)73-50(63)32-31-47(56(65)74-59(3,4)5)62-58(66)75-60(6,7)8/h11-30,33-34,47,49,53-55,57H,31-32,35-40H2,1-10H3,(H,62,66)/t47-,49+,53+,54-,55-,57+/m0/s1. The first kappa shape index (κ1) is 57.7. The Balaban J connectivity index is 1.35. The van der Waals surface area contributed by atoms with Gasteiger partial charge in [0.15, 0.2) is 6.10 Å². The maximum Gasteiger partial charge on any atom is 0.408 e. The molecule has 1 fully saturated rings. The molecule has 5 aromatic rings. The van der Waals surface area contributed by atoms with Crippen LogP contribution in [0, 0.1) is 13.8 Å². The van der Waals surface area contributed by atoms with Crippen molar-refractivity contribution in [2.75, 3.05) is 6.61 Å². The fraction of sp³-hybridized carbons (Fsp3) is 0.443. The molecule has 0 bridgehead atoms. The number of esters is 3. The molecule has 0 unspecified atom stereocenters. The molecule has 1 aliphatic rings. The van der Waals surface area contributed by atoms with Crippen LogP contribution in [0.15, 0.2) is 133 Å². The molecule has 0 saturated carbocycles. The van der Waals surface area contributed by atoms with Crippen molar-refractivity contribution < 1.29 is 61.8 Å². The molecule has 5 aromatic carbocycles. The number of rotatable bonds is 23. The lowest BCUT2D eigenvalue weighted by molar-refractivity contribution is -0.313. The van der Waals surface area contributed by atoms with Crippen molar-refractivity contribution in [3.05, 3.63) is 172 Å². The Morgan fingerprint density at radius 1 is 0.587 bits per heavy atom. The molecule has 1 amide bonds. The van der Waals surface area contributed by atoms with Crippen LogP contribution < -0.4 is 10.1 Å². The average molecular weight is 1030 g/mol. The minimum absolute atomic E-state index is 0.0414. The van der Waals surface area contributed by atoms with E-state index in [1.165, 1.54) is 0 Å². The Bertz CT molecular complexity index is 2590. The van der Waals surface area contributed by atoms with Gasteiger partial charge in [0.05, 0.1) is 32.8 Å². The smallest absolute Gasteiger partial charge is 0.408 e. The second-order valence-electron chi connectivity index (χ2n) is 21.6. The molecule has 14 nitrogen and oxygen atoms in total. The fourth-order valence-electron chi connectivity index (χ4n) is 8.83. The number of alkyl carbamates (subject to hydrolysis) is 1. The maximum absolute atomic E-state index is 14.8. The molecule has 0 radical (unpaired) electrons. The third-order valence-corrected chi connectivity index (χ3v) is 12.0. The van der Waals surface area contributed by atoms with Gasteiger partial charge in [-0.25, -0.2) is 9.59 Å². The van der Waals surface area contributed by atoms with E-state index in [9.17, 15) is 19.2 Å². The second kappa shape index (κ2) is 26.8. The number of ether oxygens (including phenoxy) is 9. The number of nitrogens with one attached hydrogen (secondary N) is 1. The van der Waals surface area contributed by atoms with E-state index in [0.717, 1.165) is 38.9 Å². The molecule has 1 heterocycles. The monoisotopic (exact) mass is 1030 g/mol. The highest BCUT2D eigenvalue weighted by atomic mass is 16.7. The van der Waals surface area contributed by atoms with E-state index in [4.69, 9.17) is 42.6 Å². The van der Waals surface area contributed by atoms with E-state index in [1.807, 2.05) is 155 Å². The summed E-state index contributed by atoms with van der Waals surface area (Å²) in [7, 11) is 0. The quantitative estimate of drug-likeness (QED) is 0.0486. The zero-order valence-corrected chi connectivity index (χ0v) is 45.1. The molecule has 6 rings (SSSR count). The first-order valence-corrected chi connectivity index (χ1v) is 25.6. The average Bonchev–Trinajstić information content (AvgIpc) is 3.34. The topological polar surface area (TPSA) is 163 Å². The van der Waals surface area contributed by atoms with Gasteiger partial charge in [-0.3, -0.25) is 9.59 Å². The van der Waals surface area contributed by atoms with E-state index in [0.29, 0.717) is 12.4 Å². The molecule has 0 aromatic heterocycles. The van der Waals surface area contributed by atoms with Gasteiger partial charge in [0.25, 0.3) is 0 Å². The highest BCUT2D eigenvalue weighted by molar-refractivity contribution is 5.82. The summed E-state index contributed by atoms with van der Waals surface area (Å²) in [5, 5.41) is 2.56. The van der Waals surface area contributed by atoms with Gasteiger partial charge in [-0.1, -0.05) is 141 Å². The summed E-state index contributed by atoms with van der Waals surface area (Å²) >= 11 is 0. The van der Waals surface area contributed by atoms with Crippen LogP contribution in [0.25, 0.3) is 0 Å². The van der Waals surface area contributed by atoms with E-state index in [2.05, 4.69) is 11.4 Å². The normalized spacial score (nSPS) is 18.3. The molecular weight excluding hydrogens is 955 g/mol. The Morgan fingerprint density at radius 3 is 1.63 bits per heavy atom. The highest BCUT2D eigenvalue weighted by Crippen LogP contribution is 2.40. The third kappa shape index (κ3) is 18.6. The summed E-state index contributed by atoms with van der Waals surface area (Å²) in [5.74, 6) is -1.59. The lowest BCUT2D eigenvalue weighted by atomic mass is 9.78. The van der Waals surface area contributed by atoms with Gasteiger partial charge in [0, 0.05) is 17.4 Å². The van der Waals surface area contributed by atoms with Crippen LogP contribution in [0.4, 0.5) is 4.79 Å². The molecule has 1 aliphatic heterocycles. The minimum atomic E-state index is -1.57. The van der Waals surface area contributed by atoms with Crippen molar-refractivity contribution in [2.45, 2.75) is 168 Å². The summed E-state index contributed by atoms with van der Waals surface area (Å²) in [5.41, 5.74) is 3.74. The Morgan fingerprint density at radius 2 is 1.09 bits per heavy atom. The Labute approximate surface area is 442 Å². The minimum Gasteiger partial charge on any atom is -0.489 e. The third-order valence-electron chi connectivity index (χ3n) is 12.0. The van der Waals surface area contributed by atoms with E-state index in [-0.39, 0.29) is 39.3 Å². The number of hydrogen-bond acceptors (Lipinski definition) is 13. The predicted octanol–water partition coefficient (Wildman–Crippen LogP) is 11.1. The van der Waals surface area contributed by atoms with Crippen molar-refractivity contribution in [3.63, 3.8) is 0 Å². The van der Waals surface area contributed by atoms with Crippen molar-refractivity contribution in [1.82, 2.24) is 5.32 Å². The lowest BCUT2D eigenvalue weighted by Gasteiger charge is -2.45. The van der Waals surface area contributed by atoms with Crippen LogP contribution in [-0.4, -0.2) is 78.6 Å². The van der Waals surface area contributed by atoms with Crippen LogP contribution in [-0.2, 0) is 84.1 Å². The molecule has 14 heteroatoms. The number of aryl methyl sites for hydroxylation is 2. The van der Waals surface area contributed by atoms with Gasteiger partial charge >= 0.3 is 24.0 Å². The van der Waals surface area contributed by atoms with Crippen LogP contribution in [0.3, 0.4) is 0 Å². The Kier molecular flexibility index (Phi) is 20.6. The molecule has 0 aliphatic carbocycles. The van der Waals surface area contributed by atoms with Crippen LogP contribution in [0.5, 0.6) is 5.75 Å². The number of hydrogen-bond donors (Lipinski definition) is 1. The summed E-state index contributed by atoms with van der Waals surface area (Å²) in [4.78, 5) is 55.6. The zero-order chi connectivity index (χ0) is 54.2. The number of carbonyl (C=O) groups excluding carboxylic acids is 4. The van der Waals surface area contributed by atoms with Gasteiger partial charge in [-0.2, -0.15) is 0 Å². The highest BCUT2D eigenvalue weighted by Gasteiger charge is 2.52. The van der Waals surface area contributed by atoms with Gasteiger partial charge in [0.2, 0.25) is 6.29 Å². The predicted molar refractivity (Wildman–Crippen MR) is 283 cm³/mol. The van der Waals surface area contributed by atoms with Crippen molar-refractivity contribution in [1.29, 1.82) is 0 Å². The Hall–Kier alpha value is -6.58. The first-order valence-electron chi connectivity index (χ1n) is 25.6. The summed E-state index contributed by atoms with van der Waals surface area (Å²) in [6.07, 6.45) is -7.60. The summed E-state index contributed by atoms with van der Waals surface area (Å²) < 4.78 is 56.9. The van der Waals surface area contributed by atoms with E-state index in [1.54, 1.807) is 41.5 Å². The number of carbonyl (C=O) groups is 4. The number of benzene rings is 5. The largest absolute Gasteiger partial charge is 0.489 e. The second-order valence-corrected chi connectivity index (χ2v) is 21.6. The molecule has 75 heavy (non-hydrogen) atoms. The molecule has 6 atom stereocenters. The van der Waals surface area contributed by atoms with Gasteiger partial charge in [-0.05, 0) is 101 Å². The molecule has 1 N–H and O–H groups in total. The van der Waals surface area contributed by atoms with Crippen molar-refractivity contribution in [2.24, 2.45) is 0 Å². The van der Waals surface area contributed by atoms with Crippen molar-refractivity contribution in [3.8, 4) is 5.75 Å². The summed E-state index contributed by atoms with van der Waals surface area (Å²) in [6.45, 7) is 18.8. The van der Waals surface area contributed by atoms with Crippen LogP contribution in [0.2, 0.25) is 0 Å². The first-order chi connectivity index (χ1) is 35.6. The molecule has 1 saturated heterocycles. The molecule has 402 valence electrons. The lowest BCUT2D eigenvalue weighted by Crippen LogP contribution is -2.62. The van der Waals surface area contributed by atoms with Gasteiger partial charge < -0.3 is 47.9 Å². The van der Waals surface area contributed by atoms with Crippen LogP contribution in [0.1, 0.15) is 114 Å².